The van der Waals surface area contributed by atoms with Crippen molar-refractivity contribution in [2.75, 3.05) is 32.6 Å². The summed E-state index contributed by atoms with van der Waals surface area (Å²) in [7, 11) is -1.09. The number of carbonyl (C=O) groups excluding carboxylic acids is 1. The monoisotopic (exact) mass is 505 g/mol. The third kappa shape index (κ3) is 4.36. The highest BCUT2D eigenvalue weighted by Gasteiger charge is 2.45. The maximum absolute atomic E-state index is 14.4. The molecule has 1 fully saturated rings. The number of hydrogen-bond donors (Lipinski definition) is 2. The van der Waals surface area contributed by atoms with Crippen LogP contribution in [0.25, 0.3) is 0 Å². The van der Waals surface area contributed by atoms with Gasteiger partial charge in [-0.25, -0.2) is 27.3 Å². The number of methoxy groups -OCH3 is 1. The van der Waals surface area contributed by atoms with Gasteiger partial charge in [-0.15, -0.1) is 0 Å². The fourth-order valence-corrected chi connectivity index (χ4v) is 5.68. The maximum Gasteiger partial charge on any atom is 0.321 e. The summed E-state index contributed by atoms with van der Waals surface area (Å²) in [6, 6.07) is 8.87. The van der Waals surface area contributed by atoms with Gasteiger partial charge in [0.2, 0.25) is 10.0 Å². The van der Waals surface area contributed by atoms with Gasteiger partial charge in [0.25, 0.3) is 0 Å². The first kappa shape index (κ1) is 24.0. The summed E-state index contributed by atoms with van der Waals surface area (Å²) in [6.07, 6.45) is 1.96. The molecule has 1 aromatic heterocycles. The third-order valence-electron chi connectivity index (χ3n) is 6.04. The highest BCUT2D eigenvalue weighted by Crippen LogP contribution is 2.42. The molecule has 1 saturated heterocycles. The second-order valence-electron chi connectivity index (χ2n) is 7.96. The quantitative estimate of drug-likeness (QED) is 0.532. The van der Waals surface area contributed by atoms with Crippen LogP contribution < -0.4 is 14.8 Å². The predicted octanol–water partition coefficient (Wildman–Crippen LogP) is 3.13. The van der Waals surface area contributed by atoms with Gasteiger partial charge in [-0.3, -0.25) is 0 Å². The van der Waals surface area contributed by atoms with E-state index in [1.807, 2.05) is 6.07 Å². The number of likely N-dealkylation sites (tertiary alicyclic amines) is 1. The molecular weight excluding hydrogens is 481 g/mol. The van der Waals surface area contributed by atoms with Gasteiger partial charge >= 0.3 is 6.03 Å². The lowest BCUT2D eigenvalue weighted by molar-refractivity contribution is 0.220. The minimum Gasteiger partial charge on any atom is -0.497 e. The van der Waals surface area contributed by atoms with Crippen LogP contribution in [0, 0.1) is 12.7 Å². The van der Waals surface area contributed by atoms with Gasteiger partial charge in [0.15, 0.2) is 0 Å². The van der Waals surface area contributed by atoms with Gasteiger partial charge < -0.3 is 15.0 Å². The number of nitrogens with zero attached hydrogens (tertiary/aromatic N) is 3. The third-order valence-corrected chi connectivity index (χ3v) is 8.38. The van der Waals surface area contributed by atoms with E-state index in [2.05, 4.69) is 19.4 Å². The van der Waals surface area contributed by atoms with Crippen molar-refractivity contribution in [3.63, 3.8) is 0 Å². The second kappa shape index (κ2) is 9.28. The van der Waals surface area contributed by atoms with Crippen molar-refractivity contribution >= 4 is 33.3 Å². The van der Waals surface area contributed by atoms with Crippen LogP contribution in [-0.2, 0) is 15.4 Å². The van der Waals surface area contributed by atoms with Gasteiger partial charge in [0.05, 0.1) is 18.2 Å². The van der Waals surface area contributed by atoms with E-state index in [1.165, 1.54) is 56.3 Å². The first-order valence-electron chi connectivity index (χ1n) is 10.4. The van der Waals surface area contributed by atoms with E-state index in [1.54, 1.807) is 17.9 Å². The van der Waals surface area contributed by atoms with Crippen LogP contribution in [0.5, 0.6) is 5.75 Å². The van der Waals surface area contributed by atoms with Crippen LogP contribution in [0.2, 0.25) is 0 Å². The standard InChI is InChI=1S/C22H24FN5O4S2/c1-14-4-5-15(10-17(14)23)22(20-25-13-26-33-20)8-9-28(12-22)21(29)27-18-11-16(32-3)6-7-19(18)34(30,31)24-2/h4-7,10-11,13,24H,8-9,12H2,1-3H3,(H,27,29)/t22-/m0/s1. The number of sulfonamides is 1. The molecule has 34 heavy (non-hydrogen) atoms. The molecule has 1 aliphatic rings. The van der Waals surface area contributed by atoms with Gasteiger partial charge in [-0.1, -0.05) is 12.1 Å². The van der Waals surface area contributed by atoms with E-state index < -0.39 is 21.5 Å². The summed E-state index contributed by atoms with van der Waals surface area (Å²) in [5.41, 5.74) is 0.609. The topological polar surface area (TPSA) is 114 Å². The fourth-order valence-electron chi connectivity index (χ4n) is 4.06. The van der Waals surface area contributed by atoms with Crippen molar-refractivity contribution in [3.8, 4) is 5.75 Å². The number of nitrogens with one attached hydrogen (secondary N) is 2. The molecule has 12 heteroatoms. The number of hydrogen-bond acceptors (Lipinski definition) is 7. The molecule has 180 valence electrons. The number of benzene rings is 2. The predicted molar refractivity (Wildman–Crippen MR) is 126 cm³/mol. The minimum atomic E-state index is -3.83. The van der Waals surface area contributed by atoms with E-state index in [-0.39, 0.29) is 22.9 Å². The molecule has 4 rings (SSSR count). The summed E-state index contributed by atoms with van der Waals surface area (Å²) in [6.45, 7) is 2.28. The molecule has 0 saturated carbocycles. The maximum atomic E-state index is 14.4. The molecule has 0 aliphatic carbocycles. The zero-order valence-electron chi connectivity index (χ0n) is 18.8. The highest BCUT2D eigenvalue weighted by atomic mass is 32.2. The Morgan fingerprint density at radius 2 is 2.06 bits per heavy atom. The van der Waals surface area contributed by atoms with Gasteiger partial charge in [-0.2, -0.15) is 4.37 Å². The number of ether oxygens (including phenoxy) is 1. The molecule has 9 nitrogen and oxygen atoms in total. The lowest BCUT2D eigenvalue weighted by Crippen LogP contribution is -2.38. The fraction of sp³-hybridized carbons (Fsp3) is 0.318. The molecule has 2 heterocycles. The Labute approximate surface area is 201 Å². The van der Waals surface area contributed by atoms with Crippen LogP contribution >= 0.6 is 11.5 Å². The van der Waals surface area contributed by atoms with Crippen LogP contribution in [0.1, 0.15) is 22.6 Å². The van der Waals surface area contributed by atoms with Gasteiger partial charge in [0.1, 0.15) is 27.8 Å². The highest BCUT2D eigenvalue weighted by molar-refractivity contribution is 7.89. The van der Waals surface area contributed by atoms with Gasteiger partial charge in [0, 0.05) is 19.2 Å². The molecule has 1 aliphatic heterocycles. The molecule has 3 aromatic rings. The number of amides is 2. The van der Waals surface area contributed by atoms with E-state index in [0.717, 1.165) is 0 Å². The molecule has 2 amide bonds. The van der Waals surface area contributed by atoms with Crippen LogP contribution in [0.3, 0.4) is 0 Å². The molecule has 2 N–H and O–H groups in total. The lowest BCUT2D eigenvalue weighted by atomic mass is 9.80. The Morgan fingerprint density at radius 1 is 1.26 bits per heavy atom. The zero-order chi connectivity index (χ0) is 24.5. The first-order valence-corrected chi connectivity index (χ1v) is 12.7. The SMILES string of the molecule is CNS(=O)(=O)c1ccc(OC)cc1NC(=O)N1CC[C@](c2ccc(C)c(F)c2)(c2ncns2)C1. The Hall–Kier alpha value is -3.09. The number of aryl methyl sites for hydroxylation is 1. The summed E-state index contributed by atoms with van der Waals surface area (Å²) in [5.74, 6) is 0.0627. The van der Waals surface area contributed by atoms with Crippen molar-refractivity contribution in [2.24, 2.45) is 0 Å². The molecule has 1 atom stereocenters. The van der Waals surface area contributed by atoms with Crippen molar-refractivity contribution < 1.29 is 22.3 Å². The number of carbonyl (C=O) groups is 1. The van der Waals surface area contributed by atoms with E-state index in [4.69, 9.17) is 4.74 Å². The summed E-state index contributed by atoms with van der Waals surface area (Å²) < 4.78 is 50.9. The number of rotatable bonds is 6. The van der Waals surface area contributed by atoms with Gasteiger partial charge in [-0.05, 0) is 61.3 Å². The second-order valence-corrected chi connectivity index (χ2v) is 10.6. The lowest BCUT2D eigenvalue weighted by Gasteiger charge is -2.28. The van der Waals surface area contributed by atoms with E-state index >= 15 is 0 Å². The van der Waals surface area contributed by atoms with Crippen LogP contribution in [0.15, 0.2) is 47.6 Å². The number of anilines is 1. The average Bonchev–Trinajstić information content (AvgIpc) is 3.52. The Morgan fingerprint density at radius 3 is 2.71 bits per heavy atom. The summed E-state index contributed by atoms with van der Waals surface area (Å²) in [5, 5.41) is 3.39. The minimum absolute atomic E-state index is 0.0839. The number of halogens is 1. The molecular formula is C22H24FN5O4S2. The van der Waals surface area contributed by atoms with Crippen molar-refractivity contribution in [1.29, 1.82) is 0 Å². The number of aromatic nitrogens is 2. The first-order chi connectivity index (χ1) is 16.2. The van der Waals surface area contributed by atoms with Crippen molar-refractivity contribution in [1.82, 2.24) is 19.0 Å². The molecule has 2 aromatic carbocycles. The van der Waals surface area contributed by atoms with Crippen LogP contribution in [0.4, 0.5) is 14.9 Å². The molecule has 0 bridgehead atoms. The normalized spacial score (nSPS) is 18.2. The largest absolute Gasteiger partial charge is 0.497 e. The Balaban J connectivity index is 1.66. The smallest absolute Gasteiger partial charge is 0.321 e. The molecule has 0 spiro atoms. The summed E-state index contributed by atoms with van der Waals surface area (Å²) >= 11 is 1.21. The Kier molecular flexibility index (Phi) is 6.56. The molecule has 0 radical (unpaired) electrons. The van der Waals surface area contributed by atoms with Crippen LogP contribution in [-0.4, -0.2) is 56.0 Å². The summed E-state index contributed by atoms with van der Waals surface area (Å²) in [4.78, 5) is 19.1. The van der Waals surface area contributed by atoms with E-state index in [9.17, 15) is 17.6 Å². The zero-order valence-corrected chi connectivity index (χ0v) is 20.5. The van der Waals surface area contributed by atoms with Crippen molar-refractivity contribution in [2.45, 2.75) is 23.7 Å². The Bertz CT molecular complexity index is 1320. The average molecular weight is 506 g/mol. The molecule has 0 unspecified atom stereocenters. The van der Waals surface area contributed by atoms with E-state index in [0.29, 0.717) is 34.8 Å². The number of urea groups is 1. The van der Waals surface area contributed by atoms with Crippen molar-refractivity contribution in [3.05, 3.63) is 64.7 Å².